The summed E-state index contributed by atoms with van der Waals surface area (Å²) in [7, 11) is 4.11. The quantitative estimate of drug-likeness (QED) is 0.887. The SMILES string of the molecule is CN(C)c1ccc(CN2CCCC2CC(O)c2ccco2)cc1. The molecule has 1 fully saturated rings. The van der Waals surface area contributed by atoms with Crippen LogP contribution in [0.4, 0.5) is 5.69 Å². The Labute approximate surface area is 138 Å². The zero-order valence-corrected chi connectivity index (χ0v) is 14.0. The highest BCUT2D eigenvalue weighted by atomic mass is 16.4. The van der Waals surface area contributed by atoms with Gasteiger partial charge in [-0.1, -0.05) is 12.1 Å². The molecule has 23 heavy (non-hydrogen) atoms. The largest absolute Gasteiger partial charge is 0.467 e. The summed E-state index contributed by atoms with van der Waals surface area (Å²) in [5.41, 5.74) is 2.55. The lowest BCUT2D eigenvalue weighted by molar-refractivity contribution is 0.0995. The van der Waals surface area contributed by atoms with Gasteiger partial charge in [-0.05, 0) is 55.6 Å². The van der Waals surface area contributed by atoms with Crippen molar-refractivity contribution in [1.29, 1.82) is 0 Å². The van der Waals surface area contributed by atoms with Crippen LogP contribution in [-0.2, 0) is 6.54 Å². The van der Waals surface area contributed by atoms with Gasteiger partial charge in [0.05, 0.1) is 6.26 Å². The van der Waals surface area contributed by atoms with Crippen LogP contribution in [0.2, 0.25) is 0 Å². The molecule has 0 spiro atoms. The Bertz CT molecular complexity index is 592. The molecular weight excluding hydrogens is 288 g/mol. The molecule has 1 aliphatic rings. The van der Waals surface area contributed by atoms with Crippen LogP contribution in [0.5, 0.6) is 0 Å². The summed E-state index contributed by atoms with van der Waals surface area (Å²) < 4.78 is 5.32. The molecule has 0 aliphatic carbocycles. The molecule has 0 amide bonds. The molecule has 2 heterocycles. The van der Waals surface area contributed by atoms with E-state index < -0.39 is 6.10 Å². The van der Waals surface area contributed by atoms with Crippen molar-refractivity contribution in [2.75, 3.05) is 25.5 Å². The molecule has 4 nitrogen and oxygen atoms in total. The first-order chi connectivity index (χ1) is 11.1. The van der Waals surface area contributed by atoms with E-state index >= 15 is 0 Å². The van der Waals surface area contributed by atoms with E-state index in [0.29, 0.717) is 11.8 Å². The number of hydrogen-bond acceptors (Lipinski definition) is 4. The van der Waals surface area contributed by atoms with Crippen LogP contribution in [0, 0.1) is 0 Å². The molecule has 2 aromatic rings. The predicted octanol–water partition coefficient (Wildman–Crippen LogP) is 3.43. The molecule has 3 rings (SSSR count). The average Bonchev–Trinajstić information content (AvgIpc) is 3.20. The van der Waals surface area contributed by atoms with Crippen molar-refractivity contribution in [3.05, 3.63) is 54.0 Å². The number of aliphatic hydroxyl groups is 1. The molecule has 2 unspecified atom stereocenters. The fourth-order valence-electron chi connectivity index (χ4n) is 3.36. The van der Waals surface area contributed by atoms with Gasteiger partial charge in [0.25, 0.3) is 0 Å². The van der Waals surface area contributed by atoms with Gasteiger partial charge >= 0.3 is 0 Å². The highest BCUT2D eigenvalue weighted by Crippen LogP contribution is 2.29. The fourth-order valence-corrected chi connectivity index (χ4v) is 3.36. The minimum absolute atomic E-state index is 0.420. The van der Waals surface area contributed by atoms with Gasteiger partial charge in [-0.15, -0.1) is 0 Å². The van der Waals surface area contributed by atoms with E-state index in [1.165, 1.54) is 17.7 Å². The van der Waals surface area contributed by atoms with Crippen molar-refractivity contribution in [2.24, 2.45) is 0 Å². The van der Waals surface area contributed by atoms with Crippen LogP contribution in [0.15, 0.2) is 47.1 Å². The molecule has 0 radical (unpaired) electrons. The minimum Gasteiger partial charge on any atom is -0.467 e. The monoisotopic (exact) mass is 314 g/mol. The molecule has 2 atom stereocenters. The van der Waals surface area contributed by atoms with E-state index in [9.17, 15) is 5.11 Å². The number of nitrogens with zero attached hydrogens (tertiary/aromatic N) is 2. The third kappa shape index (κ3) is 3.95. The molecule has 1 N–H and O–H groups in total. The summed E-state index contributed by atoms with van der Waals surface area (Å²) in [4.78, 5) is 4.60. The number of anilines is 1. The van der Waals surface area contributed by atoms with Crippen molar-refractivity contribution in [3.63, 3.8) is 0 Å². The maximum absolute atomic E-state index is 10.3. The number of aliphatic hydroxyl groups excluding tert-OH is 1. The Morgan fingerprint density at radius 2 is 2.04 bits per heavy atom. The highest BCUT2D eigenvalue weighted by Gasteiger charge is 2.27. The van der Waals surface area contributed by atoms with E-state index in [-0.39, 0.29) is 0 Å². The highest BCUT2D eigenvalue weighted by molar-refractivity contribution is 5.45. The number of likely N-dealkylation sites (tertiary alicyclic amines) is 1. The van der Waals surface area contributed by atoms with Gasteiger partial charge in [0, 0.05) is 32.4 Å². The summed E-state index contributed by atoms with van der Waals surface area (Å²) in [6, 6.07) is 12.8. The van der Waals surface area contributed by atoms with Crippen LogP contribution in [0.1, 0.15) is 36.7 Å². The normalized spacial score (nSPS) is 19.9. The van der Waals surface area contributed by atoms with Crippen molar-refractivity contribution in [1.82, 2.24) is 4.90 Å². The lowest BCUT2D eigenvalue weighted by Crippen LogP contribution is -2.30. The lowest BCUT2D eigenvalue weighted by Gasteiger charge is -2.26. The third-order valence-electron chi connectivity index (χ3n) is 4.70. The summed E-state index contributed by atoms with van der Waals surface area (Å²) in [5, 5.41) is 10.3. The van der Waals surface area contributed by atoms with E-state index in [0.717, 1.165) is 25.9 Å². The van der Waals surface area contributed by atoms with Gasteiger partial charge in [-0.2, -0.15) is 0 Å². The van der Waals surface area contributed by atoms with E-state index in [1.54, 1.807) is 6.26 Å². The molecule has 0 bridgehead atoms. The Morgan fingerprint density at radius 1 is 1.26 bits per heavy atom. The molecular formula is C19H26N2O2. The third-order valence-corrected chi connectivity index (χ3v) is 4.70. The van der Waals surface area contributed by atoms with E-state index in [2.05, 4.69) is 48.2 Å². The molecule has 1 saturated heterocycles. The van der Waals surface area contributed by atoms with Gasteiger partial charge in [-0.25, -0.2) is 0 Å². The maximum atomic E-state index is 10.3. The van der Waals surface area contributed by atoms with Gasteiger partial charge in [-0.3, -0.25) is 4.90 Å². The molecule has 1 aliphatic heterocycles. The first-order valence-electron chi connectivity index (χ1n) is 8.35. The predicted molar refractivity (Wildman–Crippen MR) is 92.5 cm³/mol. The van der Waals surface area contributed by atoms with Crippen LogP contribution in [0.3, 0.4) is 0 Å². The topological polar surface area (TPSA) is 39.9 Å². The van der Waals surface area contributed by atoms with Crippen molar-refractivity contribution in [3.8, 4) is 0 Å². The fraction of sp³-hybridized carbons (Fsp3) is 0.474. The van der Waals surface area contributed by atoms with Crippen molar-refractivity contribution < 1.29 is 9.52 Å². The summed E-state index contributed by atoms with van der Waals surface area (Å²) in [6.45, 7) is 2.05. The molecule has 124 valence electrons. The average molecular weight is 314 g/mol. The van der Waals surface area contributed by atoms with Crippen LogP contribution in [-0.4, -0.2) is 36.7 Å². The molecule has 1 aromatic carbocycles. The summed E-state index contributed by atoms with van der Waals surface area (Å²) >= 11 is 0. The van der Waals surface area contributed by atoms with Crippen molar-refractivity contribution >= 4 is 5.69 Å². The van der Waals surface area contributed by atoms with E-state index in [4.69, 9.17) is 4.42 Å². The second-order valence-electron chi connectivity index (χ2n) is 6.59. The second-order valence-corrected chi connectivity index (χ2v) is 6.59. The number of benzene rings is 1. The smallest absolute Gasteiger partial charge is 0.132 e. The lowest BCUT2D eigenvalue weighted by atomic mass is 10.0. The Hall–Kier alpha value is -1.78. The van der Waals surface area contributed by atoms with Crippen LogP contribution in [0.25, 0.3) is 0 Å². The van der Waals surface area contributed by atoms with Gasteiger partial charge in [0.1, 0.15) is 11.9 Å². The van der Waals surface area contributed by atoms with Crippen LogP contribution >= 0.6 is 0 Å². The Morgan fingerprint density at radius 3 is 2.70 bits per heavy atom. The van der Waals surface area contributed by atoms with Gasteiger partial charge in [0.15, 0.2) is 0 Å². The first-order valence-corrected chi connectivity index (χ1v) is 8.35. The summed E-state index contributed by atoms with van der Waals surface area (Å²) in [5.74, 6) is 0.673. The number of hydrogen-bond donors (Lipinski definition) is 1. The zero-order chi connectivity index (χ0) is 16.2. The summed E-state index contributed by atoms with van der Waals surface area (Å²) in [6.07, 6.45) is 4.20. The maximum Gasteiger partial charge on any atom is 0.132 e. The second kappa shape index (κ2) is 7.20. The standard InChI is InChI=1S/C19H26N2O2/c1-20(2)16-9-7-15(8-10-16)14-21-11-3-5-17(21)13-18(22)19-6-4-12-23-19/h4,6-10,12,17-18,22H,3,5,11,13-14H2,1-2H3. The number of rotatable bonds is 6. The van der Waals surface area contributed by atoms with Gasteiger partial charge in [0.2, 0.25) is 0 Å². The molecule has 4 heteroatoms. The molecule has 1 aromatic heterocycles. The Kier molecular flexibility index (Phi) is 5.03. The number of furan rings is 1. The van der Waals surface area contributed by atoms with E-state index in [1.807, 2.05) is 12.1 Å². The Balaban J connectivity index is 1.60. The first kappa shape index (κ1) is 16.1. The van der Waals surface area contributed by atoms with Crippen molar-refractivity contribution in [2.45, 2.75) is 38.0 Å². The minimum atomic E-state index is -0.508. The molecule has 0 saturated carbocycles. The van der Waals surface area contributed by atoms with Gasteiger partial charge < -0.3 is 14.4 Å². The van der Waals surface area contributed by atoms with Crippen LogP contribution < -0.4 is 4.90 Å². The zero-order valence-electron chi connectivity index (χ0n) is 14.0.